The summed E-state index contributed by atoms with van der Waals surface area (Å²) in [7, 11) is 0. The van der Waals surface area contributed by atoms with Gasteiger partial charge >= 0.3 is 0 Å². The van der Waals surface area contributed by atoms with Gasteiger partial charge in [-0.1, -0.05) is 19.8 Å². The van der Waals surface area contributed by atoms with Crippen molar-refractivity contribution in [1.29, 1.82) is 0 Å². The van der Waals surface area contributed by atoms with Crippen LogP contribution >= 0.6 is 0 Å². The van der Waals surface area contributed by atoms with E-state index in [1.165, 1.54) is 19.3 Å². The van der Waals surface area contributed by atoms with Crippen LogP contribution in [0.15, 0.2) is 12.1 Å². The van der Waals surface area contributed by atoms with Crippen molar-refractivity contribution in [3.05, 3.63) is 17.8 Å². The second kappa shape index (κ2) is 6.50. The van der Waals surface area contributed by atoms with Gasteiger partial charge < -0.3 is 10.6 Å². The van der Waals surface area contributed by atoms with E-state index < -0.39 is 0 Å². The van der Waals surface area contributed by atoms with E-state index in [4.69, 9.17) is 0 Å². The van der Waals surface area contributed by atoms with E-state index in [2.05, 4.69) is 27.8 Å². The van der Waals surface area contributed by atoms with Gasteiger partial charge in [-0.25, -0.2) is 0 Å². The molecule has 2 rings (SSSR count). The maximum atomic E-state index is 12.1. The highest BCUT2D eigenvalue weighted by atomic mass is 16.2. The Bertz CT molecular complexity index is 418. The molecule has 1 aromatic rings. The summed E-state index contributed by atoms with van der Waals surface area (Å²) < 4.78 is 0. The number of nitrogens with zero attached hydrogens (tertiary/aromatic N) is 2. The van der Waals surface area contributed by atoms with Gasteiger partial charge in [-0.15, -0.1) is 10.2 Å². The molecule has 0 aromatic carbocycles. The Labute approximate surface area is 114 Å². The van der Waals surface area contributed by atoms with Crippen molar-refractivity contribution in [3.8, 4) is 0 Å². The minimum atomic E-state index is -0.116. The van der Waals surface area contributed by atoms with Crippen LogP contribution in [0, 0.1) is 5.92 Å². The minimum absolute atomic E-state index is 0.116. The van der Waals surface area contributed by atoms with Gasteiger partial charge in [0.05, 0.1) is 0 Å². The first-order valence-electron chi connectivity index (χ1n) is 7.09. The lowest BCUT2D eigenvalue weighted by atomic mass is 9.86. The van der Waals surface area contributed by atoms with E-state index >= 15 is 0 Å². The topological polar surface area (TPSA) is 66.9 Å². The Kier molecular flexibility index (Phi) is 4.71. The molecular weight excluding hydrogens is 240 g/mol. The molecule has 5 heteroatoms. The number of hydrogen-bond acceptors (Lipinski definition) is 4. The van der Waals surface area contributed by atoms with Gasteiger partial charge in [0.25, 0.3) is 5.91 Å². The van der Waals surface area contributed by atoms with Crippen molar-refractivity contribution in [2.45, 2.75) is 45.6 Å². The maximum Gasteiger partial charge on any atom is 0.272 e. The zero-order valence-electron chi connectivity index (χ0n) is 11.6. The van der Waals surface area contributed by atoms with E-state index in [1.54, 1.807) is 12.1 Å². The van der Waals surface area contributed by atoms with Crippen molar-refractivity contribution in [1.82, 2.24) is 15.5 Å². The lowest BCUT2D eigenvalue weighted by molar-refractivity contribution is 0.0904. The van der Waals surface area contributed by atoms with Crippen molar-refractivity contribution in [2.75, 3.05) is 11.9 Å². The second-order valence-corrected chi connectivity index (χ2v) is 5.18. The molecule has 0 saturated heterocycles. The summed E-state index contributed by atoms with van der Waals surface area (Å²) in [5.41, 5.74) is 0.388. The molecular formula is C14H22N4O. The summed E-state index contributed by atoms with van der Waals surface area (Å²) in [6, 6.07) is 3.78. The molecule has 2 unspecified atom stereocenters. The van der Waals surface area contributed by atoms with Crippen molar-refractivity contribution in [3.63, 3.8) is 0 Å². The van der Waals surface area contributed by atoms with Crippen LogP contribution < -0.4 is 10.6 Å². The minimum Gasteiger partial charge on any atom is -0.369 e. The van der Waals surface area contributed by atoms with Crippen LogP contribution in [0.2, 0.25) is 0 Å². The number of aromatic nitrogens is 2. The highest BCUT2D eigenvalue weighted by Gasteiger charge is 2.23. The van der Waals surface area contributed by atoms with Crippen molar-refractivity contribution < 1.29 is 4.79 Å². The fraction of sp³-hybridized carbons (Fsp3) is 0.643. The molecule has 0 spiro atoms. The molecule has 2 N–H and O–H groups in total. The van der Waals surface area contributed by atoms with Crippen LogP contribution in [-0.2, 0) is 0 Å². The highest BCUT2D eigenvalue weighted by molar-refractivity contribution is 5.92. The smallest absolute Gasteiger partial charge is 0.272 e. The van der Waals surface area contributed by atoms with E-state index in [1.807, 2.05) is 6.92 Å². The van der Waals surface area contributed by atoms with Gasteiger partial charge in [0, 0.05) is 12.6 Å². The fourth-order valence-electron chi connectivity index (χ4n) is 2.50. The van der Waals surface area contributed by atoms with Crippen LogP contribution in [0.4, 0.5) is 5.82 Å². The summed E-state index contributed by atoms with van der Waals surface area (Å²) in [5, 5.41) is 14.1. The lowest BCUT2D eigenvalue weighted by Crippen LogP contribution is -2.41. The molecule has 1 saturated carbocycles. The Morgan fingerprint density at radius 2 is 2.11 bits per heavy atom. The van der Waals surface area contributed by atoms with E-state index in [-0.39, 0.29) is 11.9 Å². The number of anilines is 1. The van der Waals surface area contributed by atoms with Gasteiger partial charge in [-0.2, -0.15) is 0 Å². The van der Waals surface area contributed by atoms with Crippen LogP contribution in [-0.4, -0.2) is 28.7 Å². The number of nitrogens with one attached hydrogen (secondary N) is 2. The van der Waals surface area contributed by atoms with Gasteiger partial charge in [0.1, 0.15) is 5.82 Å². The van der Waals surface area contributed by atoms with E-state index in [0.717, 1.165) is 13.0 Å². The maximum absolute atomic E-state index is 12.1. The highest BCUT2D eigenvalue weighted by Crippen LogP contribution is 2.23. The van der Waals surface area contributed by atoms with E-state index in [0.29, 0.717) is 17.4 Å². The third-order valence-corrected chi connectivity index (χ3v) is 3.68. The lowest BCUT2D eigenvalue weighted by Gasteiger charge is -2.29. The van der Waals surface area contributed by atoms with Crippen LogP contribution in [0.3, 0.4) is 0 Å². The molecule has 0 bridgehead atoms. The molecule has 1 amide bonds. The molecule has 0 radical (unpaired) electrons. The third kappa shape index (κ3) is 3.66. The predicted octanol–water partition coefficient (Wildman–Crippen LogP) is 2.22. The van der Waals surface area contributed by atoms with Crippen LogP contribution in [0.5, 0.6) is 0 Å². The quantitative estimate of drug-likeness (QED) is 0.873. The number of carbonyl (C=O) groups excluding carboxylic acids is 1. The Hall–Kier alpha value is -1.65. The Morgan fingerprint density at radius 1 is 1.32 bits per heavy atom. The summed E-state index contributed by atoms with van der Waals surface area (Å²) >= 11 is 0. The average molecular weight is 262 g/mol. The van der Waals surface area contributed by atoms with Crippen molar-refractivity contribution >= 4 is 11.7 Å². The molecule has 1 aromatic heterocycles. The first kappa shape index (κ1) is 13.8. The number of carbonyl (C=O) groups is 1. The largest absolute Gasteiger partial charge is 0.369 e. The predicted molar refractivity (Wildman–Crippen MR) is 75.1 cm³/mol. The summed E-state index contributed by atoms with van der Waals surface area (Å²) in [6.45, 7) is 4.98. The molecule has 0 aliphatic heterocycles. The van der Waals surface area contributed by atoms with Gasteiger partial charge in [-0.05, 0) is 37.8 Å². The van der Waals surface area contributed by atoms with Crippen LogP contribution in [0.25, 0.3) is 0 Å². The molecule has 2 atom stereocenters. The molecule has 104 valence electrons. The number of amides is 1. The standard InChI is InChI=1S/C14H22N4O/c1-3-15-13-9-8-12(17-18-13)14(19)16-11-7-5-4-6-10(11)2/h8-11H,3-7H2,1-2H3,(H,15,18)(H,16,19). The Morgan fingerprint density at radius 3 is 2.74 bits per heavy atom. The van der Waals surface area contributed by atoms with Crippen molar-refractivity contribution in [2.24, 2.45) is 5.92 Å². The Balaban J connectivity index is 1.95. The molecule has 1 fully saturated rings. The number of rotatable bonds is 4. The monoisotopic (exact) mass is 262 g/mol. The second-order valence-electron chi connectivity index (χ2n) is 5.18. The molecule has 19 heavy (non-hydrogen) atoms. The summed E-state index contributed by atoms with van der Waals surface area (Å²) in [6.07, 6.45) is 4.72. The van der Waals surface area contributed by atoms with Crippen LogP contribution in [0.1, 0.15) is 50.0 Å². The first-order chi connectivity index (χ1) is 9.20. The summed E-state index contributed by atoms with van der Waals surface area (Å²) in [4.78, 5) is 12.1. The summed E-state index contributed by atoms with van der Waals surface area (Å²) in [5.74, 6) is 1.13. The molecule has 1 aliphatic rings. The van der Waals surface area contributed by atoms with Gasteiger partial charge in [-0.3, -0.25) is 4.79 Å². The third-order valence-electron chi connectivity index (χ3n) is 3.68. The molecule has 5 nitrogen and oxygen atoms in total. The SMILES string of the molecule is CCNc1ccc(C(=O)NC2CCCCC2C)nn1. The van der Waals surface area contributed by atoms with Gasteiger partial charge in [0.15, 0.2) is 5.69 Å². The first-order valence-corrected chi connectivity index (χ1v) is 7.09. The zero-order valence-corrected chi connectivity index (χ0v) is 11.6. The normalized spacial score (nSPS) is 22.8. The molecule has 1 heterocycles. The van der Waals surface area contributed by atoms with Gasteiger partial charge in [0.2, 0.25) is 0 Å². The van der Waals surface area contributed by atoms with E-state index in [9.17, 15) is 4.79 Å². The number of hydrogen-bond donors (Lipinski definition) is 2. The average Bonchev–Trinajstić information content (AvgIpc) is 2.42. The fourth-order valence-corrected chi connectivity index (χ4v) is 2.50. The zero-order chi connectivity index (χ0) is 13.7. The molecule has 1 aliphatic carbocycles.